The van der Waals surface area contributed by atoms with Gasteiger partial charge in [0.15, 0.2) is 0 Å². The molecule has 1 fully saturated rings. The lowest BCUT2D eigenvalue weighted by molar-refractivity contribution is -0.117. The van der Waals surface area contributed by atoms with Gasteiger partial charge in [-0.2, -0.15) is 0 Å². The number of hydrogen-bond acceptors (Lipinski definition) is 4. The smallest absolute Gasteiger partial charge is 0.238 e. The monoisotopic (exact) mass is 299 g/mol. The van der Waals surface area contributed by atoms with E-state index in [9.17, 15) is 4.79 Å². The molecule has 0 bridgehead atoms. The maximum absolute atomic E-state index is 12.0. The van der Waals surface area contributed by atoms with Gasteiger partial charge in [-0.15, -0.1) is 12.4 Å². The summed E-state index contributed by atoms with van der Waals surface area (Å²) in [7, 11) is 1.60. The van der Waals surface area contributed by atoms with Gasteiger partial charge in [-0.25, -0.2) is 0 Å². The Hall–Kier alpha value is -1.30. The first-order valence-electron chi connectivity index (χ1n) is 6.51. The first-order valence-corrected chi connectivity index (χ1v) is 6.51. The standard InChI is InChI=1S/C14H21N3O2.ClH/c1-10-3-4-13(19-2)12(7-10)16-14(18)9-17-6-5-11(15)8-17;/h3-4,7,11H,5-6,8-9,15H2,1-2H3,(H,16,18);1H/t11-;/m1./s1. The van der Waals surface area contributed by atoms with Crippen molar-refractivity contribution in [2.45, 2.75) is 19.4 Å². The second kappa shape index (κ2) is 7.47. The van der Waals surface area contributed by atoms with E-state index in [1.807, 2.05) is 25.1 Å². The van der Waals surface area contributed by atoms with Crippen molar-refractivity contribution < 1.29 is 9.53 Å². The number of aryl methyl sites for hydroxylation is 1. The van der Waals surface area contributed by atoms with Gasteiger partial charge >= 0.3 is 0 Å². The van der Waals surface area contributed by atoms with E-state index in [1.54, 1.807) is 7.11 Å². The first-order chi connectivity index (χ1) is 9.08. The minimum Gasteiger partial charge on any atom is -0.495 e. The van der Waals surface area contributed by atoms with Gasteiger partial charge in [0.05, 0.1) is 19.3 Å². The fourth-order valence-corrected chi connectivity index (χ4v) is 2.32. The molecule has 112 valence electrons. The molecule has 1 saturated heterocycles. The number of nitrogens with zero attached hydrogens (tertiary/aromatic N) is 1. The zero-order valence-electron chi connectivity index (χ0n) is 11.9. The predicted octanol–water partition coefficient (Wildman–Crippen LogP) is 1.40. The van der Waals surface area contributed by atoms with Crippen molar-refractivity contribution in [1.82, 2.24) is 4.90 Å². The molecule has 0 radical (unpaired) electrons. The van der Waals surface area contributed by atoms with Crippen molar-refractivity contribution in [1.29, 1.82) is 0 Å². The number of carbonyl (C=O) groups is 1. The van der Waals surface area contributed by atoms with Crippen molar-refractivity contribution in [2.75, 3.05) is 32.1 Å². The van der Waals surface area contributed by atoms with Gasteiger partial charge in [-0.3, -0.25) is 9.69 Å². The van der Waals surface area contributed by atoms with Crippen LogP contribution in [0.3, 0.4) is 0 Å². The minimum atomic E-state index is -0.0296. The number of amides is 1. The van der Waals surface area contributed by atoms with Crippen molar-refractivity contribution in [3.8, 4) is 5.75 Å². The quantitative estimate of drug-likeness (QED) is 0.882. The lowest BCUT2D eigenvalue weighted by atomic mass is 10.2. The molecule has 0 unspecified atom stereocenters. The molecule has 1 amide bonds. The van der Waals surface area contributed by atoms with E-state index in [0.29, 0.717) is 12.3 Å². The van der Waals surface area contributed by atoms with Gasteiger partial charge in [-0.05, 0) is 31.0 Å². The lowest BCUT2D eigenvalue weighted by Crippen LogP contribution is -2.33. The number of anilines is 1. The number of benzene rings is 1. The Bertz CT molecular complexity index is 468. The van der Waals surface area contributed by atoms with Crippen LogP contribution < -0.4 is 15.8 Å². The van der Waals surface area contributed by atoms with E-state index in [4.69, 9.17) is 10.5 Å². The average Bonchev–Trinajstić information content (AvgIpc) is 2.75. The van der Waals surface area contributed by atoms with Gasteiger partial charge < -0.3 is 15.8 Å². The minimum absolute atomic E-state index is 0. The van der Waals surface area contributed by atoms with Crippen molar-refractivity contribution in [3.05, 3.63) is 23.8 Å². The summed E-state index contributed by atoms with van der Waals surface area (Å²) in [5, 5.41) is 2.90. The zero-order valence-corrected chi connectivity index (χ0v) is 12.7. The van der Waals surface area contributed by atoms with Gasteiger partial charge in [0.25, 0.3) is 0 Å². The van der Waals surface area contributed by atoms with E-state index >= 15 is 0 Å². The molecule has 2 rings (SSSR count). The van der Waals surface area contributed by atoms with Crippen LogP contribution in [0.15, 0.2) is 18.2 Å². The van der Waals surface area contributed by atoms with Crippen molar-refractivity contribution >= 4 is 24.0 Å². The molecule has 0 saturated carbocycles. The molecule has 6 heteroatoms. The number of carbonyl (C=O) groups excluding carboxylic acids is 1. The fourth-order valence-electron chi connectivity index (χ4n) is 2.32. The Morgan fingerprint density at radius 1 is 1.55 bits per heavy atom. The molecule has 1 aromatic carbocycles. The topological polar surface area (TPSA) is 67.6 Å². The van der Waals surface area contributed by atoms with Crippen molar-refractivity contribution in [2.24, 2.45) is 5.73 Å². The number of nitrogens with two attached hydrogens (primary N) is 1. The van der Waals surface area contributed by atoms with Crippen LogP contribution >= 0.6 is 12.4 Å². The van der Waals surface area contributed by atoms with E-state index < -0.39 is 0 Å². The van der Waals surface area contributed by atoms with Crippen LogP contribution in [0.5, 0.6) is 5.75 Å². The van der Waals surface area contributed by atoms with Crippen molar-refractivity contribution in [3.63, 3.8) is 0 Å². The second-order valence-corrected chi connectivity index (χ2v) is 5.04. The number of ether oxygens (including phenoxy) is 1. The van der Waals surface area contributed by atoms with Crippen LogP contribution in [0, 0.1) is 6.92 Å². The maximum atomic E-state index is 12.0. The molecule has 1 atom stereocenters. The van der Waals surface area contributed by atoms with Gasteiger partial charge in [-0.1, -0.05) is 6.07 Å². The zero-order chi connectivity index (χ0) is 13.8. The highest BCUT2D eigenvalue weighted by Gasteiger charge is 2.21. The number of nitrogens with one attached hydrogen (secondary N) is 1. The molecule has 0 aromatic heterocycles. The van der Waals surface area contributed by atoms with Gasteiger partial charge in [0.2, 0.25) is 5.91 Å². The SMILES string of the molecule is COc1ccc(C)cc1NC(=O)CN1CC[C@@H](N)C1.Cl. The normalized spacial score (nSPS) is 18.4. The molecular formula is C14H22ClN3O2. The highest BCUT2D eigenvalue weighted by atomic mass is 35.5. The van der Waals surface area contributed by atoms with Crippen LogP contribution in [-0.2, 0) is 4.79 Å². The Balaban J connectivity index is 0.00000200. The van der Waals surface area contributed by atoms with Crippen LogP contribution in [0.2, 0.25) is 0 Å². The summed E-state index contributed by atoms with van der Waals surface area (Å²) in [5.41, 5.74) is 7.63. The summed E-state index contributed by atoms with van der Waals surface area (Å²) in [6.45, 7) is 4.04. The molecule has 1 aliphatic rings. The largest absolute Gasteiger partial charge is 0.495 e. The Kier molecular flexibility index (Phi) is 6.26. The molecule has 20 heavy (non-hydrogen) atoms. The molecule has 0 aliphatic carbocycles. The summed E-state index contributed by atoms with van der Waals surface area (Å²) < 4.78 is 5.24. The molecule has 5 nitrogen and oxygen atoms in total. The van der Waals surface area contributed by atoms with Crippen LogP contribution in [0.1, 0.15) is 12.0 Å². The van der Waals surface area contributed by atoms with E-state index in [0.717, 1.165) is 30.8 Å². The number of rotatable bonds is 4. The summed E-state index contributed by atoms with van der Waals surface area (Å²) in [6, 6.07) is 5.92. The third-order valence-electron chi connectivity index (χ3n) is 3.31. The number of likely N-dealkylation sites (tertiary alicyclic amines) is 1. The molecule has 3 N–H and O–H groups in total. The van der Waals surface area contributed by atoms with Crippen LogP contribution in [0.25, 0.3) is 0 Å². The predicted molar refractivity (Wildman–Crippen MR) is 82.6 cm³/mol. The third kappa shape index (κ3) is 4.37. The Morgan fingerprint density at radius 3 is 2.90 bits per heavy atom. The molecule has 1 heterocycles. The Labute approximate surface area is 125 Å². The van der Waals surface area contributed by atoms with Gasteiger partial charge in [0.1, 0.15) is 5.75 Å². The summed E-state index contributed by atoms with van der Waals surface area (Å²) >= 11 is 0. The molecule has 0 spiro atoms. The summed E-state index contributed by atoms with van der Waals surface area (Å²) in [5.74, 6) is 0.648. The third-order valence-corrected chi connectivity index (χ3v) is 3.31. The van der Waals surface area contributed by atoms with E-state index in [1.165, 1.54) is 0 Å². The number of hydrogen-bond donors (Lipinski definition) is 2. The fraction of sp³-hybridized carbons (Fsp3) is 0.500. The molecule has 1 aromatic rings. The highest BCUT2D eigenvalue weighted by Crippen LogP contribution is 2.25. The molecular weight excluding hydrogens is 278 g/mol. The first kappa shape index (κ1) is 16.8. The number of halogens is 1. The number of methoxy groups -OCH3 is 1. The van der Waals surface area contributed by atoms with Crippen LogP contribution in [-0.4, -0.2) is 43.6 Å². The lowest BCUT2D eigenvalue weighted by Gasteiger charge is -2.16. The Morgan fingerprint density at radius 2 is 2.30 bits per heavy atom. The summed E-state index contributed by atoms with van der Waals surface area (Å²) in [4.78, 5) is 14.1. The highest BCUT2D eigenvalue weighted by molar-refractivity contribution is 5.93. The average molecular weight is 300 g/mol. The van der Waals surface area contributed by atoms with Gasteiger partial charge in [0, 0.05) is 19.1 Å². The van der Waals surface area contributed by atoms with E-state index in [2.05, 4.69) is 10.2 Å². The van der Waals surface area contributed by atoms with E-state index in [-0.39, 0.29) is 24.4 Å². The maximum Gasteiger partial charge on any atom is 0.238 e. The van der Waals surface area contributed by atoms with Crippen LogP contribution in [0.4, 0.5) is 5.69 Å². The second-order valence-electron chi connectivity index (χ2n) is 5.04. The summed E-state index contributed by atoms with van der Waals surface area (Å²) in [6.07, 6.45) is 0.959. The molecule has 1 aliphatic heterocycles.